The number of rotatable bonds is 8. The SMILES string of the molecule is CC(=O)OCC1OC(OCCN=[N+]=[N-])CC(OC(C)=O)C1OC(C)=O. The highest BCUT2D eigenvalue weighted by molar-refractivity contribution is 5.67. The zero-order valence-corrected chi connectivity index (χ0v) is 14.2. The van der Waals surface area contributed by atoms with Gasteiger partial charge in [-0.2, -0.15) is 0 Å². The van der Waals surface area contributed by atoms with Gasteiger partial charge in [-0.1, -0.05) is 5.11 Å². The maximum absolute atomic E-state index is 11.3. The summed E-state index contributed by atoms with van der Waals surface area (Å²) in [4.78, 5) is 36.3. The van der Waals surface area contributed by atoms with Crippen molar-refractivity contribution in [1.29, 1.82) is 0 Å². The Morgan fingerprint density at radius 3 is 2.40 bits per heavy atom. The highest BCUT2D eigenvalue weighted by Gasteiger charge is 2.44. The van der Waals surface area contributed by atoms with E-state index >= 15 is 0 Å². The molecule has 1 heterocycles. The van der Waals surface area contributed by atoms with Crippen molar-refractivity contribution in [2.45, 2.75) is 51.8 Å². The zero-order valence-electron chi connectivity index (χ0n) is 14.2. The molecule has 140 valence electrons. The highest BCUT2D eigenvalue weighted by Crippen LogP contribution is 2.27. The first-order valence-corrected chi connectivity index (χ1v) is 7.59. The Kier molecular flexibility index (Phi) is 8.68. The van der Waals surface area contributed by atoms with Crippen LogP contribution in [0.3, 0.4) is 0 Å². The van der Waals surface area contributed by atoms with Gasteiger partial charge in [-0.3, -0.25) is 14.4 Å². The van der Waals surface area contributed by atoms with E-state index in [-0.39, 0.29) is 26.2 Å². The summed E-state index contributed by atoms with van der Waals surface area (Å²) in [6.07, 6.45) is -3.37. The molecule has 25 heavy (non-hydrogen) atoms. The third kappa shape index (κ3) is 7.84. The first-order chi connectivity index (χ1) is 11.8. The molecule has 0 aromatic heterocycles. The molecule has 1 saturated heterocycles. The van der Waals surface area contributed by atoms with Crippen molar-refractivity contribution in [2.75, 3.05) is 19.8 Å². The van der Waals surface area contributed by atoms with Crippen LogP contribution in [0, 0.1) is 0 Å². The van der Waals surface area contributed by atoms with Crippen LogP contribution in [0.5, 0.6) is 0 Å². The molecule has 0 aliphatic carbocycles. The van der Waals surface area contributed by atoms with E-state index in [0.717, 1.165) is 0 Å². The minimum atomic E-state index is -0.947. The van der Waals surface area contributed by atoms with E-state index in [1.807, 2.05) is 0 Å². The van der Waals surface area contributed by atoms with E-state index in [9.17, 15) is 14.4 Å². The largest absolute Gasteiger partial charge is 0.463 e. The lowest BCUT2D eigenvalue weighted by atomic mass is 10.0. The van der Waals surface area contributed by atoms with Crippen molar-refractivity contribution < 1.29 is 38.1 Å². The smallest absolute Gasteiger partial charge is 0.303 e. The number of carbonyl (C=O) groups excluding carboxylic acids is 3. The predicted molar refractivity (Wildman–Crippen MR) is 81.0 cm³/mol. The molecule has 4 atom stereocenters. The van der Waals surface area contributed by atoms with Crippen LogP contribution < -0.4 is 0 Å². The van der Waals surface area contributed by atoms with Crippen LogP contribution in [0.4, 0.5) is 0 Å². The van der Waals surface area contributed by atoms with E-state index in [4.69, 9.17) is 29.2 Å². The van der Waals surface area contributed by atoms with E-state index in [0.29, 0.717) is 0 Å². The first-order valence-electron chi connectivity index (χ1n) is 7.59. The Labute approximate surface area is 144 Å². The van der Waals surface area contributed by atoms with Gasteiger partial charge in [0, 0.05) is 38.6 Å². The highest BCUT2D eigenvalue weighted by atomic mass is 16.7. The van der Waals surface area contributed by atoms with Crippen LogP contribution in [0.25, 0.3) is 10.4 Å². The first kappa shape index (κ1) is 20.7. The van der Waals surface area contributed by atoms with E-state index in [1.54, 1.807) is 0 Å². The summed E-state index contributed by atoms with van der Waals surface area (Å²) in [5.74, 6) is -1.70. The molecule has 0 bridgehead atoms. The number of hydrogen-bond acceptors (Lipinski definition) is 9. The van der Waals surface area contributed by atoms with Gasteiger partial charge in [0.1, 0.15) is 18.8 Å². The topological polar surface area (TPSA) is 146 Å². The normalized spacial score (nSPS) is 25.4. The van der Waals surface area contributed by atoms with E-state index in [2.05, 4.69) is 10.0 Å². The van der Waals surface area contributed by atoms with Crippen LogP contribution in [-0.4, -0.2) is 62.3 Å². The van der Waals surface area contributed by atoms with Crippen molar-refractivity contribution in [3.8, 4) is 0 Å². The molecule has 0 amide bonds. The van der Waals surface area contributed by atoms with Gasteiger partial charge in [0.25, 0.3) is 0 Å². The van der Waals surface area contributed by atoms with E-state index < -0.39 is 42.5 Å². The van der Waals surface area contributed by atoms with Gasteiger partial charge >= 0.3 is 17.9 Å². The summed E-state index contributed by atoms with van der Waals surface area (Å²) in [6.45, 7) is 3.62. The lowest BCUT2D eigenvalue weighted by molar-refractivity contribution is -0.265. The number of nitrogens with zero attached hydrogens (tertiary/aromatic N) is 3. The standard InChI is InChI=1S/C14H21N3O8/c1-8(18)22-7-12-14(24-10(3)20)11(23-9(2)19)6-13(25-12)21-5-4-16-17-15/h11-14H,4-7H2,1-3H3. The molecule has 11 heteroatoms. The molecule has 1 fully saturated rings. The Bertz CT molecular complexity index is 534. The monoisotopic (exact) mass is 359 g/mol. The molecule has 0 radical (unpaired) electrons. The van der Waals surface area contributed by atoms with Gasteiger partial charge in [-0.25, -0.2) is 0 Å². The lowest BCUT2D eigenvalue weighted by Crippen LogP contribution is -2.54. The van der Waals surface area contributed by atoms with Crippen molar-refractivity contribution in [1.82, 2.24) is 0 Å². The van der Waals surface area contributed by atoms with Gasteiger partial charge in [0.05, 0.1) is 6.61 Å². The molecule has 0 saturated carbocycles. The van der Waals surface area contributed by atoms with Crippen molar-refractivity contribution in [2.24, 2.45) is 5.11 Å². The van der Waals surface area contributed by atoms with Gasteiger partial charge < -0.3 is 23.7 Å². The predicted octanol–water partition coefficient (Wildman–Crippen LogP) is 0.855. The van der Waals surface area contributed by atoms with Crippen LogP contribution in [0.1, 0.15) is 27.2 Å². The van der Waals surface area contributed by atoms with Crippen LogP contribution >= 0.6 is 0 Å². The molecule has 1 aliphatic heterocycles. The van der Waals surface area contributed by atoms with Crippen molar-refractivity contribution >= 4 is 17.9 Å². The molecule has 0 aromatic rings. The fraction of sp³-hybridized carbons (Fsp3) is 0.786. The second kappa shape index (κ2) is 10.5. The number of hydrogen-bond donors (Lipinski definition) is 0. The Morgan fingerprint density at radius 1 is 1.16 bits per heavy atom. The average Bonchev–Trinajstić information content (AvgIpc) is 2.51. The third-order valence-corrected chi connectivity index (χ3v) is 3.11. The summed E-state index contributed by atoms with van der Waals surface area (Å²) in [6, 6.07) is 0. The van der Waals surface area contributed by atoms with Crippen LogP contribution in [0.2, 0.25) is 0 Å². The Morgan fingerprint density at radius 2 is 1.84 bits per heavy atom. The molecule has 0 N–H and O–H groups in total. The second-order valence-corrected chi connectivity index (χ2v) is 5.19. The molecule has 11 nitrogen and oxygen atoms in total. The maximum Gasteiger partial charge on any atom is 0.303 e. The number of azide groups is 1. The summed E-state index contributed by atoms with van der Waals surface area (Å²) >= 11 is 0. The fourth-order valence-electron chi connectivity index (χ4n) is 2.27. The fourth-order valence-corrected chi connectivity index (χ4v) is 2.27. The van der Waals surface area contributed by atoms with Crippen molar-refractivity contribution in [3.63, 3.8) is 0 Å². The van der Waals surface area contributed by atoms with Crippen LogP contribution in [0.15, 0.2) is 5.11 Å². The summed E-state index contributed by atoms with van der Waals surface area (Å²) in [7, 11) is 0. The maximum atomic E-state index is 11.3. The summed E-state index contributed by atoms with van der Waals surface area (Å²) in [5.41, 5.74) is 8.24. The number of esters is 3. The van der Waals surface area contributed by atoms with Crippen molar-refractivity contribution in [3.05, 3.63) is 10.4 Å². The number of carbonyl (C=O) groups is 3. The number of ether oxygens (including phenoxy) is 5. The van der Waals surface area contributed by atoms with Gasteiger partial charge in [-0.15, -0.1) is 0 Å². The molecule has 0 aromatic carbocycles. The lowest BCUT2D eigenvalue weighted by Gasteiger charge is -2.39. The average molecular weight is 359 g/mol. The molecular formula is C14H21N3O8. The van der Waals surface area contributed by atoms with Gasteiger partial charge in [0.15, 0.2) is 12.4 Å². The van der Waals surface area contributed by atoms with Gasteiger partial charge in [-0.05, 0) is 5.53 Å². The minimum absolute atomic E-state index is 0.0834. The quantitative estimate of drug-likeness (QED) is 0.155. The zero-order chi connectivity index (χ0) is 18.8. The molecule has 1 rings (SSSR count). The summed E-state index contributed by atoms with van der Waals surface area (Å²) in [5, 5.41) is 3.33. The van der Waals surface area contributed by atoms with Crippen LogP contribution in [-0.2, 0) is 38.1 Å². The molecule has 0 spiro atoms. The third-order valence-electron chi connectivity index (χ3n) is 3.11. The molecular weight excluding hydrogens is 338 g/mol. The Hall–Kier alpha value is -2.36. The van der Waals surface area contributed by atoms with E-state index in [1.165, 1.54) is 20.8 Å². The minimum Gasteiger partial charge on any atom is -0.463 e. The molecule has 1 aliphatic rings. The molecule has 4 unspecified atom stereocenters. The Balaban J connectivity index is 2.85. The van der Waals surface area contributed by atoms with Gasteiger partial charge in [0.2, 0.25) is 0 Å². The second-order valence-electron chi connectivity index (χ2n) is 5.19. The summed E-state index contributed by atoms with van der Waals surface area (Å²) < 4.78 is 26.4.